The van der Waals surface area contributed by atoms with Gasteiger partial charge in [0.2, 0.25) is 5.91 Å². The summed E-state index contributed by atoms with van der Waals surface area (Å²) in [4.78, 5) is 14.4. The predicted molar refractivity (Wildman–Crippen MR) is 87.4 cm³/mol. The van der Waals surface area contributed by atoms with Crippen LogP contribution in [-0.2, 0) is 4.79 Å². The summed E-state index contributed by atoms with van der Waals surface area (Å²) in [7, 11) is 0. The molecule has 0 radical (unpaired) electrons. The van der Waals surface area contributed by atoms with Crippen molar-refractivity contribution in [2.45, 2.75) is 52.1 Å². The zero-order valence-electron chi connectivity index (χ0n) is 12.8. The van der Waals surface area contributed by atoms with Gasteiger partial charge >= 0.3 is 0 Å². The van der Waals surface area contributed by atoms with Gasteiger partial charge in [0.05, 0.1) is 6.04 Å². The summed E-state index contributed by atoms with van der Waals surface area (Å²) in [5.74, 6) is 0.114. The normalized spacial score (nSPS) is 13.1. The molecule has 1 aromatic carbocycles. The third-order valence-corrected chi connectivity index (χ3v) is 3.94. The quantitative estimate of drug-likeness (QED) is 0.854. The summed E-state index contributed by atoms with van der Waals surface area (Å²) < 4.78 is 1.04. The molecule has 0 saturated carbocycles. The van der Waals surface area contributed by atoms with Gasteiger partial charge in [0.1, 0.15) is 0 Å². The summed E-state index contributed by atoms with van der Waals surface area (Å²) >= 11 is 3.56. The highest BCUT2D eigenvalue weighted by Gasteiger charge is 2.26. The first-order valence-electron chi connectivity index (χ1n) is 7.09. The van der Waals surface area contributed by atoms with E-state index in [1.54, 1.807) is 0 Å². The van der Waals surface area contributed by atoms with Crippen LogP contribution in [0.3, 0.4) is 0 Å². The maximum Gasteiger partial charge on any atom is 0.224 e. The van der Waals surface area contributed by atoms with Gasteiger partial charge in [0.25, 0.3) is 0 Å². The Hall–Kier alpha value is -0.870. The first-order chi connectivity index (χ1) is 9.26. The molecule has 0 bridgehead atoms. The lowest BCUT2D eigenvalue weighted by molar-refractivity contribution is -0.134. The van der Waals surface area contributed by atoms with E-state index in [4.69, 9.17) is 5.73 Å². The van der Waals surface area contributed by atoms with Gasteiger partial charge in [0.15, 0.2) is 0 Å². The lowest BCUT2D eigenvalue weighted by atomic mass is 9.99. The van der Waals surface area contributed by atoms with Crippen LogP contribution in [0.5, 0.6) is 0 Å². The fraction of sp³-hybridized carbons (Fsp3) is 0.562. The number of carbonyl (C=O) groups excluding carboxylic acids is 1. The van der Waals surface area contributed by atoms with Gasteiger partial charge < -0.3 is 10.6 Å². The third kappa shape index (κ3) is 4.91. The standard InChI is InChI=1S/C16H25BrN2O/c1-5-10-19(15(20)11-16(3,4)18)12(2)13-8-6-7-9-14(13)17/h6-9,12H,5,10-11,18H2,1-4H3. The molecule has 1 atom stereocenters. The maximum atomic E-state index is 12.5. The van der Waals surface area contributed by atoms with Crippen LogP contribution in [0.25, 0.3) is 0 Å². The minimum Gasteiger partial charge on any atom is -0.336 e. The Morgan fingerprint density at radius 1 is 1.40 bits per heavy atom. The average Bonchev–Trinajstić information content (AvgIpc) is 2.33. The van der Waals surface area contributed by atoms with E-state index in [1.807, 2.05) is 36.9 Å². The number of hydrogen-bond acceptors (Lipinski definition) is 2. The molecule has 4 heteroatoms. The Labute approximate surface area is 130 Å². The lowest BCUT2D eigenvalue weighted by Crippen LogP contribution is -2.42. The molecule has 0 fully saturated rings. The molecule has 0 aromatic heterocycles. The molecule has 1 amide bonds. The molecular weight excluding hydrogens is 316 g/mol. The van der Waals surface area contributed by atoms with Crippen LogP contribution in [0.2, 0.25) is 0 Å². The van der Waals surface area contributed by atoms with Crippen LogP contribution in [0.15, 0.2) is 28.7 Å². The van der Waals surface area contributed by atoms with E-state index in [1.165, 1.54) is 0 Å². The van der Waals surface area contributed by atoms with Crippen LogP contribution in [0.4, 0.5) is 0 Å². The van der Waals surface area contributed by atoms with Gasteiger partial charge in [-0.25, -0.2) is 0 Å². The Bertz CT molecular complexity index is 454. The second-order valence-corrected chi connectivity index (χ2v) is 6.80. The van der Waals surface area contributed by atoms with E-state index in [0.29, 0.717) is 6.42 Å². The number of nitrogens with zero attached hydrogens (tertiary/aromatic N) is 1. The zero-order valence-corrected chi connectivity index (χ0v) is 14.4. The third-order valence-electron chi connectivity index (χ3n) is 3.21. The van der Waals surface area contributed by atoms with E-state index in [0.717, 1.165) is 23.0 Å². The van der Waals surface area contributed by atoms with Crippen molar-refractivity contribution in [1.29, 1.82) is 0 Å². The molecule has 0 aliphatic rings. The second kappa shape index (κ2) is 7.23. The summed E-state index contributed by atoms with van der Waals surface area (Å²) in [5.41, 5.74) is 6.64. The number of benzene rings is 1. The Balaban J connectivity index is 2.96. The lowest BCUT2D eigenvalue weighted by Gasteiger charge is -2.32. The van der Waals surface area contributed by atoms with Gasteiger partial charge in [0, 0.05) is 23.0 Å². The minimum atomic E-state index is -0.475. The Kier molecular flexibility index (Phi) is 6.21. The second-order valence-electron chi connectivity index (χ2n) is 5.95. The highest BCUT2D eigenvalue weighted by molar-refractivity contribution is 9.10. The molecular formula is C16H25BrN2O. The van der Waals surface area contributed by atoms with E-state index in [-0.39, 0.29) is 11.9 Å². The smallest absolute Gasteiger partial charge is 0.224 e. The van der Waals surface area contributed by atoms with Gasteiger partial charge in [-0.15, -0.1) is 0 Å². The van der Waals surface area contributed by atoms with Crippen molar-refractivity contribution in [1.82, 2.24) is 4.90 Å². The zero-order chi connectivity index (χ0) is 15.3. The van der Waals surface area contributed by atoms with Crippen LogP contribution >= 0.6 is 15.9 Å². The van der Waals surface area contributed by atoms with Gasteiger partial charge in [-0.05, 0) is 38.8 Å². The number of rotatable bonds is 6. The highest BCUT2D eigenvalue weighted by Crippen LogP contribution is 2.28. The van der Waals surface area contributed by atoms with Crippen LogP contribution in [-0.4, -0.2) is 22.9 Å². The average molecular weight is 341 g/mol. The summed E-state index contributed by atoms with van der Waals surface area (Å²) in [6.07, 6.45) is 1.30. The topological polar surface area (TPSA) is 46.3 Å². The molecule has 0 spiro atoms. The van der Waals surface area contributed by atoms with E-state index < -0.39 is 5.54 Å². The molecule has 2 N–H and O–H groups in total. The molecule has 0 heterocycles. The van der Waals surface area contributed by atoms with Crippen LogP contribution in [0, 0.1) is 0 Å². The van der Waals surface area contributed by atoms with E-state index in [2.05, 4.69) is 35.8 Å². The molecule has 1 aromatic rings. The SMILES string of the molecule is CCCN(C(=O)CC(C)(C)N)C(C)c1ccccc1Br. The van der Waals surface area contributed by atoms with E-state index >= 15 is 0 Å². The fourth-order valence-corrected chi connectivity index (χ4v) is 2.86. The Morgan fingerprint density at radius 2 is 2.00 bits per heavy atom. The fourth-order valence-electron chi connectivity index (χ4n) is 2.25. The van der Waals surface area contributed by atoms with Crippen molar-refractivity contribution >= 4 is 21.8 Å². The van der Waals surface area contributed by atoms with Gasteiger partial charge in [-0.1, -0.05) is 41.1 Å². The highest BCUT2D eigenvalue weighted by atomic mass is 79.9. The molecule has 112 valence electrons. The molecule has 20 heavy (non-hydrogen) atoms. The van der Waals surface area contributed by atoms with E-state index in [9.17, 15) is 4.79 Å². The number of amides is 1. The minimum absolute atomic E-state index is 0.0420. The first-order valence-corrected chi connectivity index (χ1v) is 7.88. The van der Waals surface area contributed by atoms with Crippen molar-refractivity contribution in [2.24, 2.45) is 5.73 Å². The summed E-state index contributed by atoms with van der Waals surface area (Å²) in [5, 5.41) is 0. The largest absolute Gasteiger partial charge is 0.336 e. The van der Waals surface area contributed by atoms with Gasteiger partial charge in [-0.3, -0.25) is 4.79 Å². The van der Waals surface area contributed by atoms with Crippen LogP contribution in [0.1, 0.15) is 52.1 Å². The Morgan fingerprint density at radius 3 is 2.50 bits per heavy atom. The van der Waals surface area contributed by atoms with Crippen molar-refractivity contribution < 1.29 is 4.79 Å². The van der Waals surface area contributed by atoms with Gasteiger partial charge in [-0.2, -0.15) is 0 Å². The maximum absolute atomic E-state index is 12.5. The molecule has 1 unspecified atom stereocenters. The molecule has 0 aliphatic heterocycles. The monoisotopic (exact) mass is 340 g/mol. The van der Waals surface area contributed by atoms with Crippen LogP contribution < -0.4 is 5.73 Å². The summed E-state index contributed by atoms with van der Waals surface area (Å²) in [6.45, 7) is 8.67. The molecule has 0 aliphatic carbocycles. The number of halogens is 1. The first kappa shape index (κ1) is 17.2. The predicted octanol–water partition coefficient (Wildman–Crippen LogP) is 3.88. The van der Waals surface area contributed by atoms with Crippen molar-refractivity contribution in [3.8, 4) is 0 Å². The molecule has 0 saturated heterocycles. The molecule has 3 nitrogen and oxygen atoms in total. The van der Waals surface area contributed by atoms with Crippen molar-refractivity contribution in [3.05, 3.63) is 34.3 Å². The van der Waals surface area contributed by atoms with Crippen molar-refractivity contribution in [2.75, 3.05) is 6.54 Å². The number of carbonyl (C=O) groups is 1. The number of nitrogens with two attached hydrogens (primary N) is 1. The molecule has 1 rings (SSSR count). The summed E-state index contributed by atoms with van der Waals surface area (Å²) in [6, 6.07) is 8.08. The number of hydrogen-bond donors (Lipinski definition) is 1. The van der Waals surface area contributed by atoms with Crippen molar-refractivity contribution in [3.63, 3.8) is 0 Å².